The first-order valence-corrected chi connectivity index (χ1v) is 16.5. The number of anilines is 1. The molecule has 1 atom stereocenters. The van der Waals surface area contributed by atoms with Crippen molar-refractivity contribution in [1.29, 1.82) is 0 Å². The van der Waals surface area contributed by atoms with Gasteiger partial charge in [-0.1, -0.05) is 43.1 Å². The Morgan fingerprint density at radius 3 is 2.16 bits per heavy atom. The van der Waals surface area contributed by atoms with Gasteiger partial charge < -0.3 is 24.4 Å². The summed E-state index contributed by atoms with van der Waals surface area (Å²) in [6.07, 6.45) is 0. The molecule has 3 aromatic carbocycles. The Morgan fingerprint density at radius 2 is 1.58 bits per heavy atom. The predicted octanol–water partition coefficient (Wildman–Crippen LogP) is 5.79. The van der Waals surface area contributed by atoms with Crippen LogP contribution in [0.15, 0.2) is 65.6 Å². The minimum absolute atomic E-state index is 0.0708. The molecule has 0 fully saturated rings. The van der Waals surface area contributed by atoms with Gasteiger partial charge in [0.05, 0.1) is 31.4 Å². The largest absolute Gasteiger partial charge is 0.494 e. The molecule has 2 amide bonds. The van der Waals surface area contributed by atoms with Crippen molar-refractivity contribution in [3.63, 3.8) is 0 Å². The van der Waals surface area contributed by atoms with Gasteiger partial charge in [0.25, 0.3) is 10.0 Å². The number of nitrogens with zero attached hydrogens (tertiary/aromatic N) is 2. The van der Waals surface area contributed by atoms with Crippen LogP contribution in [-0.4, -0.2) is 65.1 Å². The van der Waals surface area contributed by atoms with Gasteiger partial charge in [-0.25, -0.2) is 8.42 Å². The van der Waals surface area contributed by atoms with Crippen LogP contribution in [0.3, 0.4) is 0 Å². The van der Waals surface area contributed by atoms with Gasteiger partial charge in [0.2, 0.25) is 11.8 Å². The van der Waals surface area contributed by atoms with Gasteiger partial charge in [0.15, 0.2) is 11.5 Å². The van der Waals surface area contributed by atoms with Crippen LogP contribution in [0.25, 0.3) is 0 Å². The van der Waals surface area contributed by atoms with Crippen LogP contribution in [0.2, 0.25) is 10.0 Å². The minimum atomic E-state index is -4.35. The zero-order valence-corrected chi connectivity index (χ0v) is 28.5. The molecule has 0 saturated heterocycles. The molecule has 0 radical (unpaired) electrons. The Morgan fingerprint density at radius 1 is 0.911 bits per heavy atom. The molecule has 0 bridgehead atoms. The van der Waals surface area contributed by atoms with Gasteiger partial charge in [0.1, 0.15) is 18.3 Å². The lowest BCUT2D eigenvalue weighted by atomic mass is 10.1. The van der Waals surface area contributed by atoms with E-state index in [1.54, 1.807) is 49.4 Å². The number of hydrogen-bond donors (Lipinski definition) is 1. The van der Waals surface area contributed by atoms with Crippen LogP contribution >= 0.6 is 23.2 Å². The van der Waals surface area contributed by atoms with Crippen molar-refractivity contribution in [2.45, 2.75) is 45.2 Å². The molecule has 10 nitrogen and oxygen atoms in total. The van der Waals surface area contributed by atoms with Gasteiger partial charge in [0, 0.05) is 29.2 Å². The Balaban J connectivity index is 2.09. The van der Waals surface area contributed by atoms with E-state index in [0.29, 0.717) is 40.3 Å². The van der Waals surface area contributed by atoms with E-state index in [1.807, 2.05) is 20.8 Å². The fraction of sp³-hybridized carbons (Fsp3) is 0.375. The molecule has 1 N–H and O–H groups in total. The first kappa shape index (κ1) is 35.8. The maximum atomic E-state index is 14.2. The first-order valence-electron chi connectivity index (χ1n) is 14.3. The third kappa shape index (κ3) is 9.18. The van der Waals surface area contributed by atoms with Crippen LogP contribution in [-0.2, 0) is 26.2 Å². The van der Waals surface area contributed by atoms with Crippen molar-refractivity contribution in [2.75, 3.05) is 38.2 Å². The third-order valence-electron chi connectivity index (χ3n) is 6.87. The smallest absolute Gasteiger partial charge is 0.264 e. The van der Waals surface area contributed by atoms with E-state index < -0.39 is 34.4 Å². The van der Waals surface area contributed by atoms with Gasteiger partial charge in [-0.3, -0.25) is 13.9 Å². The van der Waals surface area contributed by atoms with E-state index in [2.05, 4.69) is 5.32 Å². The summed E-state index contributed by atoms with van der Waals surface area (Å²) in [5.74, 6) is 0.227. The number of benzene rings is 3. The van der Waals surface area contributed by atoms with Crippen LogP contribution in [0.1, 0.15) is 33.3 Å². The summed E-state index contributed by atoms with van der Waals surface area (Å²) in [5, 5.41) is 3.56. The number of methoxy groups -OCH3 is 2. The summed E-state index contributed by atoms with van der Waals surface area (Å²) in [6, 6.07) is 14.4. The van der Waals surface area contributed by atoms with E-state index >= 15 is 0 Å². The number of rotatable bonds is 15. The average molecular weight is 681 g/mol. The number of nitrogens with one attached hydrogen (secondary N) is 1. The van der Waals surface area contributed by atoms with Gasteiger partial charge in [-0.15, -0.1) is 0 Å². The highest BCUT2D eigenvalue weighted by Gasteiger charge is 2.33. The lowest BCUT2D eigenvalue weighted by Crippen LogP contribution is -2.51. The molecule has 0 aliphatic carbocycles. The third-order valence-corrected chi connectivity index (χ3v) is 9.22. The summed E-state index contributed by atoms with van der Waals surface area (Å²) in [5.41, 5.74) is 0.747. The SMILES string of the molecule is CCOc1ccc(N(CC(=O)N(Cc2ccc(Cl)cc2Cl)[C@@H](C)C(=O)NCC(C)C)S(=O)(=O)c2ccc(OC)c(OC)c2)cc1. The molecule has 0 saturated carbocycles. The molecule has 3 aromatic rings. The molecule has 0 unspecified atom stereocenters. The molecule has 0 aliphatic rings. The number of carbonyl (C=O) groups excluding carboxylic acids is 2. The summed E-state index contributed by atoms with van der Waals surface area (Å²) in [4.78, 5) is 28.5. The number of halogens is 2. The topological polar surface area (TPSA) is 114 Å². The molecule has 3 rings (SSSR count). The second-order valence-electron chi connectivity index (χ2n) is 10.5. The molecule has 0 spiro atoms. The summed E-state index contributed by atoms with van der Waals surface area (Å²) in [6.45, 7) is 7.45. The molecule has 0 aromatic heterocycles. The Hall–Kier alpha value is -3.67. The van der Waals surface area contributed by atoms with Crippen molar-refractivity contribution in [2.24, 2.45) is 5.92 Å². The number of sulfonamides is 1. The van der Waals surface area contributed by atoms with E-state index in [1.165, 1.54) is 37.3 Å². The lowest BCUT2D eigenvalue weighted by molar-refractivity contribution is -0.139. The summed E-state index contributed by atoms with van der Waals surface area (Å²) in [7, 11) is -1.52. The maximum Gasteiger partial charge on any atom is 0.264 e. The normalized spacial score (nSPS) is 11.9. The second kappa shape index (κ2) is 16.1. The van der Waals surface area contributed by atoms with E-state index in [4.69, 9.17) is 37.4 Å². The fourth-order valence-electron chi connectivity index (χ4n) is 4.38. The Bertz CT molecular complexity index is 1580. The first-order chi connectivity index (χ1) is 21.3. The van der Waals surface area contributed by atoms with Gasteiger partial charge in [-0.2, -0.15) is 0 Å². The monoisotopic (exact) mass is 679 g/mol. The van der Waals surface area contributed by atoms with Crippen LogP contribution < -0.4 is 23.8 Å². The van der Waals surface area contributed by atoms with Crippen LogP contribution in [0.4, 0.5) is 5.69 Å². The molecule has 0 heterocycles. The highest BCUT2D eigenvalue weighted by molar-refractivity contribution is 7.92. The van der Waals surface area contributed by atoms with Gasteiger partial charge in [-0.05, 0) is 73.9 Å². The number of amides is 2. The minimum Gasteiger partial charge on any atom is -0.494 e. The van der Waals surface area contributed by atoms with Crippen molar-refractivity contribution >= 4 is 50.7 Å². The van der Waals surface area contributed by atoms with Crippen LogP contribution in [0, 0.1) is 5.92 Å². The van der Waals surface area contributed by atoms with Crippen molar-refractivity contribution in [3.05, 3.63) is 76.3 Å². The molecular weight excluding hydrogens is 641 g/mol. The summed E-state index contributed by atoms with van der Waals surface area (Å²) >= 11 is 12.5. The van der Waals surface area contributed by atoms with E-state index in [9.17, 15) is 18.0 Å². The van der Waals surface area contributed by atoms with Gasteiger partial charge >= 0.3 is 0 Å². The molecule has 0 aliphatic heterocycles. The van der Waals surface area contributed by atoms with Crippen molar-refractivity contribution < 1.29 is 32.2 Å². The van der Waals surface area contributed by atoms with E-state index in [-0.39, 0.29) is 28.8 Å². The van der Waals surface area contributed by atoms with Crippen molar-refractivity contribution in [3.8, 4) is 17.2 Å². The van der Waals surface area contributed by atoms with Crippen LogP contribution in [0.5, 0.6) is 17.2 Å². The lowest BCUT2D eigenvalue weighted by Gasteiger charge is -2.32. The van der Waals surface area contributed by atoms with Crippen molar-refractivity contribution in [1.82, 2.24) is 10.2 Å². The number of hydrogen-bond acceptors (Lipinski definition) is 7. The summed E-state index contributed by atoms with van der Waals surface area (Å²) < 4.78 is 45.6. The standard InChI is InChI=1S/C32H39Cl2N3O7S/c1-7-44-26-12-10-25(11-13-26)37(45(40,41)27-14-15-29(42-5)30(17-27)43-6)20-31(38)36(22(4)32(39)35-18-21(2)3)19-23-8-9-24(33)16-28(23)34/h8-17,21-22H,7,18-20H2,1-6H3,(H,35,39)/t22-/m0/s1. The van der Waals surface area contributed by atoms with E-state index in [0.717, 1.165) is 4.31 Å². The molecule has 244 valence electrons. The predicted molar refractivity (Wildman–Crippen MR) is 176 cm³/mol. The molecule has 45 heavy (non-hydrogen) atoms. The number of ether oxygens (including phenoxy) is 3. The molecular formula is C32H39Cl2N3O7S. The highest BCUT2D eigenvalue weighted by Crippen LogP contribution is 2.33. The molecule has 13 heteroatoms. The quantitative estimate of drug-likeness (QED) is 0.216. The average Bonchev–Trinajstić information content (AvgIpc) is 3.01. The Labute approximate surface area is 275 Å². The maximum absolute atomic E-state index is 14.2. The zero-order valence-electron chi connectivity index (χ0n) is 26.2. The number of carbonyl (C=O) groups is 2. The zero-order chi connectivity index (χ0) is 33.3. The highest BCUT2D eigenvalue weighted by atomic mass is 35.5. The fourth-order valence-corrected chi connectivity index (χ4v) is 6.28. The Kier molecular flexibility index (Phi) is 12.8. The second-order valence-corrected chi connectivity index (χ2v) is 13.2.